The van der Waals surface area contributed by atoms with Gasteiger partial charge in [0.05, 0.1) is 25.1 Å². The molecule has 1 aliphatic rings. The third-order valence-electron chi connectivity index (χ3n) is 6.33. The first-order valence-corrected chi connectivity index (χ1v) is 14.6. The second-order valence-corrected chi connectivity index (χ2v) is 11.7. The summed E-state index contributed by atoms with van der Waals surface area (Å²) in [4.78, 5) is 24.8. The highest BCUT2D eigenvalue weighted by Gasteiger charge is 2.55. The molecule has 0 saturated carbocycles. The highest BCUT2D eigenvalue weighted by Crippen LogP contribution is 2.47. The van der Waals surface area contributed by atoms with Crippen LogP contribution >= 0.6 is 7.75 Å². The van der Waals surface area contributed by atoms with E-state index in [-0.39, 0.29) is 36.5 Å². The van der Waals surface area contributed by atoms with Crippen LogP contribution in [0.2, 0.25) is 0 Å². The molecule has 224 valence electrons. The first-order valence-electron chi connectivity index (χ1n) is 13.0. The zero-order chi connectivity index (χ0) is 29.9. The lowest BCUT2D eigenvalue weighted by Crippen LogP contribution is -2.40. The maximum absolute atomic E-state index is 15.9. The number of nitrogens with zero attached hydrogens (tertiary/aromatic N) is 4. The van der Waals surface area contributed by atoms with Crippen molar-refractivity contribution in [1.82, 2.24) is 24.6 Å². The van der Waals surface area contributed by atoms with E-state index in [0.717, 1.165) is 0 Å². The Balaban J connectivity index is 1.49. The number of carbonyl (C=O) groups excluding carboxylic acids is 1. The molecule has 1 aromatic carbocycles. The Kier molecular flexibility index (Phi) is 9.14. The molecule has 0 aliphatic carbocycles. The molecule has 2 aromatic heterocycles. The fourth-order valence-corrected chi connectivity index (χ4v) is 5.85. The fourth-order valence-electron chi connectivity index (χ4n) is 4.35. The first kappa shape index (κ1) is 30.6. The van der Waals surface area contributed by atoms with E-state index in [2.05, 4.69) is 25.4 Å². The molecule has 3 heterocycles. The average Bonchev–Trinajstić information content (AvgIpc) is 3.41. The van der Waals surface area contributed by atoms with Crippen molar-refractivity contribution in [3.05, 3.63) is 36.7 Å². The minimum atomic E-state index is -4.15. The highest BCUT2D eigenvalue weighted by atomic mass is 31.2. The maximum Gasteiger partial charge on any atom is 0.459 e. The van der Waals surface area contributed by atoms with Crippen LogP contribution in [0.5, 0.6) is 5.75 Å². The number of nitrogens with one attached hydrogen (secondary N) is 2. The zero-order valence-corrected chi connectivity index (χ0v) is 24.2. The van der Waals surface area contributed by atoms with E-state index in [1.807, 2.05) is 0 Å². The van der Waals surface area contributed by atoms with Crippen molar-refractivity contribution >= 4 is 36.6 Å². The quantitative estimate of drug-likeness (QED) is 0.177. The van der Waals surface area contributed by atoms with Gasteiger partial charge in [0, 0.05) is 13.5 Å². The number of nitrogen functional groups attached to an aromatic ring is 1. The molecule has 14 nitrogen and oxygen atoms in total. The van der Waals surface area contributed by atoms with Gasteiger partial charge in [-0.05, 0) is 39.8 Å². The Morgan fingerprint density at radius 2 is 2.00 bits per heavy atom. The van der Waals surface area contributed by atoms with Gasteiger partial charge in [-0.25, -0.2) is 13.9 Å². The predicted molar refractivity (Wildman–Crippen MR) is 148 cm³/mol. The summed E-state index contributed by atoms with van der Waals surface area (Å²) in [6.45, 7) is 5.76. The lowest BCUT2D eigenvalue weighted by atomic mass is 9.97. The molecule has 0 unspecified atom stereocenters. The predicted octanol–water partition coefficient (Wildman–Crippen LogP) is 2.96. The number of ether oxygens (including phenoxy) is 2. The summed E-state index contributed by atoms with van der Waals surface area (Å²) < 4.78 is 53.2. The van der Waals surface area contributed by atoms with Gasteiger partial charge in [-0.3, -0.25) is 13.9 Å². The van der Waals surface area contributed by atoms with E-state index in [1.165, 1.54) is 24.7 Å². The minimum absolute atomic E-state index is 0.0548. The van der Waals surface area contributed by atoms with Gasteiger partial charge in [-0.1, -0.05) is 18.2 Å². The van der Waals surface area contributed by atoms with Gasteiger partial charge in [0.2, 0.25) is 5.95 Å². The number of carbonyl (C=O) groups is 1. The number of imidazole rings is 1. The molecule has 4 rings (SSSR count). The van der Waals surface area contributed by atoms with Gasteiger partial charge in [0.25, 0.3) is 0 Å². The standard InChI is InChI=1S/C25H35FN7O7P/c1-14(2)38-22(35)15(3)32-41(36,40-16-9-7-6-8-10-16)37-12-11-17-19(34)25(4,26)23(39-17)33-13-29-18-20(28-5)30-24(27)31-21(18)33/h6-10,13-15,17,19,23,34H,11-12H2,1-5H3,(H,32,36)(H3,27,28,30,31)/t15-,17+,19+,23+,25+,41-/m0/s1. The minimum Gasteiger partial charge on any atom is -0.462 e. The van der Waals surface area contributed by atoms with Gasteiger partial charge >= 0.3 is 13.7 Å². The molecule has 0 spiro atoms. The van der Waals surface area contributed by atoms with Crippen LogP contribution in [0.1, 0.15) is 40.3 Å². The normalized spacial score (nSPS) is 24.7. The van der Waals surface area contributed by atoms with Gasteiger partial charge < -0.3 is 30.2 Å². The van der Waals surface area contributed by atoms with Crippen LogP contribution in [0.3, 0.4) is 0 Å². The van der Waals surface area contributed by atoms with Crippen LogP contribution in [-0.2, 0) is 23.4 Å². The molecule has 3 aromatic rings. The maximum atomic E-state index is 15.9. The van der Waals surface area contributed by atoms with Crippen LogP contribution in [0, 0.1) is 0 Å². The number of benzene rings is 1. The van der Waals surface area contributed by atoms with E-state index in [4.69, 9.17) is 24.3 Å². The SMILES string of the molecule is CNc1nc(N)nc2c1ncn2[C@@H]1O[C@H](CCO[P@@](=O)(N[C@@H](C)C(=O)OC(C)C)Oc2ccccc2)[C@@H](O)[C@@]1(C)F. The number of fused-ring (bicyclic) bond motifs is 1. The Morgan fingerprint density at radius 3 is 2.66 bits per heavy atom. The Labute approximate surface area is 236 Å². The first-order chi connectivity index (χ1) is 19.3. The summed E-state index contributed by atoms with van der Waals surface area (Å²) in [5.74, 6) is -0.121. The largest absolute Gasteiger partial charge is 0.462 e. The smallest absolute Gasteiger partial charge is 0.459 e. The van der Waals surface area contributed by atoms with Gasteiger partial charge in [0.15, 0.2) is 28.9 Å². The van der Waals surface area contributed by atoms with Crippen LogP contribution < -0.4 is 20.7 Å². The number of para-hydroxylation sites is 1. The van der Waals surface area contributed by atoms with Crippen molar-refractivity contribution in [3.8, 4) is 5.75 Å². The lowest BCUT2D eigenvalue weighted by Gasteiger charge is -2.25. The van der Waals surface area contributed by atoms with Crippen LogP contribution in [0.25, 0.3) is 11.2 Å². The van der Waals surface area contributed by atoms with Crippen LogP contribution in [-0.4, -0.2) is 74.3 Å². The van der Waals surface area contributed by atoms with Crippen molar-refractivity contribution in [1.29, 1.82) is 0 Å². The second-order valence-electron chi connectivity index (χ2n) is 9.99. The third kappa shape index (κ3) is 6.76. The van der Waals surface area contributed by atoms with E-state index < -0.39 is 43.9 Å². The fraction of sp³-hybridized carbons (Fsp3) is 0.520. The number of aliphatic hydroxyl groups is 1. The number of halogens is 1. The molecule has 1 aliphatic heterocycles. The summed E-state index contributed by atoms with van der Waals surface area (Å²) in [5, 5.41) is 16.3. The molecule has 5 N–H and O–H groups in total. The number of alkyl halides is 1. The van der Waals surface area contributed by atoms with Crippen molar-refractivity contribution in [2.24, 2.45) is 0 Å². The van der Waals surface area contributed by atoms with Crippen molar-refractivity contribution in [2.45, 2.75) is 70.4 Å². The summed E-state index contributed by atoms with van der Waals surface area (Å²) in [5.41, 5.74) is 4.10. The number of hydrogen-bond acceptors (Lipinski definition) is 12. The number of esters is 1. The van der Waals surface area contributed by atoms with Crippen molar-refractivity contribution < 1.29 is 37.4 Å². The van der Waals surface area contributed by atoms with Gasteiger partial charge in [-0.15, -0.1) is 0 Å². The zero-order valence-electron chi connectivity index (χ0n) is 23.4. The molecule has 0 amide bonds. The molecule has 0 bridgehead atoms. The van der Waals surface area contributed by atoms with Crippen molar-refractivity contribution in [3.63, 3.8) is 0 Å². The molecular weight excluding hydrogens is 560 g/mol. The Bertz CT molecular complexity index is 1410. The van der Waals surface area contributed by atoms with Gasteiger partial charge in [-0.2, -0.15) is 15.1 Å². The average molecular weight is 596 g/mol. The molecule has 1 saturated heterocycles. The third-order valence-corrected chi connectivity index (χ3v) is 8.01. The monoisotopic (exact) mass is 595 g/mol. The summed E-state index contributed by atoms with van der Waals surface area (Å²) in [7, 11) is -2.52. The number of nitrogens with two attached hydrogens (primary N) is 1. The highest BCUT2D eigenvalue weighted by molar-refractivity contribution is 7.52. The summed E-state index contributed by atoms with van der Waals surface area (Å²) in [6.07, 6.45) is -3.09. The van der Waals surface area contributed by atoms with Gasteiger partial charge in [0.1, 0.15) is 17.9 Å². The molecule has 0 radical (unpaired) electrons. The molecule has 1 fully saturated rings. The Morgan fingerprint density at radius 1 is 1.29 bits per heavy atom. The van der Waals surface area contributed by atoms with E-state index in [9.17, 15) is 14.5 Å². The topological polar surface area (TPSA) is 185 Å². The van der Waals surface area contributed by atoms with E-state index >= 15 is 4.39 Å². The molecular formula is C25H35FN7O7P. The van der Waals surface area contributed by atoms with Crippen LogP contribution in [0.4, 0.5) is 16.2 Å². The van der Waals surface area contributed by atoms with Crippen LogP contribution in [0.15, 0.2) is 36.7 Å². The Hall–Kier alpha value is -3.36. The van der Waals surface area contributed by atoms with E-state index in [1.54, 1.807) is 51.2 Å². The summed E-state index contributed by atoms with van der Waals surface area (Å²) in [6, 6.07) is 7.22. The number of rotatable bonds is 12. The second kappa shape index (κ2) is 12.2. The van der Waals surface area contributed by atoms with E-state index in [0.29, 0.717) is 11.3 Å². The number of aromatic nitrogens is 4. The molecule has 16 heteroatoms. The molecule has 41 heavy (non-hydrogen) atoms. The number of aliphatic hydroxyl groups excluding tert-OH is 1. The summed E-state index contributed by atoms with van der Waals surface area (Å²) >= 11 is 0. The lowest BCUT2D eigenvalue weighted by molar-refractivity contribution is -0.149. The number of anilines is 2. The number of hydrogen-bond donors (Lipinski definition) is 4. The van der Waals surface area contributed by atoms with Crippen molar-refractivity contribution in [2.75, 3.05) is 24.7 Å². The molecule has 6 atom stereocenters.